The Hall–Kier alpha value is -0.260. The van der Waals surface area contributed by atoms with Gasteiger partial charge in [-0.2, -0.15) is 11.8 Å². The predicted octanol–water partition coefficient (Wildman–Crippen LogP) is 0.646. The van der Waals surface area contributed by atoms with Crippen molar-refractivity contribution in [2.24, 2.45) is 5.73 Å². The second-order valence-electron chi connectivity index (χ2n) is 3.18. The summed E-state index contributed by atoms with van der Waals surface area (Å²) in [7, 11) is 1.65. The lowest BCUT2D eigenvalue weighted by Crippen LogP contribution is -2.48. The molecule has 0 fully saturated rings. The molecule has 0 aliphatic carbocycles. The molecule has 0 spiro atoms. The molecule has 0 aliphatic heterocycles. The van der Waals surface area contributed by atoms with Gasteiger partial charge in [0, 0.05) is 18.6 Å². The fourth-order valence-electron chi connectivity index (χ4n) is 0.781. The van der Waals surface area contributed by atoms with E-state index in [1.807, 2.05) is 0 Å². The van der Waals surface area contributed by atoms with E-state index in [1.165, 1.54) is 0 Å². The smallest absolute Gasteiger partial charge is 0.326 e. The van der Waals surface area contributed by atoms with E-state index in [2.05, 4.69) is 0 Å². The quantitative estimate of drug-likeness (QED) is 0.505. The van der Waals surface area contributed by atoms with Crippen LogP contribution >= 0.6 is 11.8 Å². The number of thioether (sulfide) groups is 1. The number of carbonyl (C=O) groups is 1. The molecule has 0 heterocycles. The lowest BCUT2D eigenvalue weighted by Gasteiger charge is -2.21. The molecule has 0 saturated heterocycles. The van der Waals surface area contributed by atoms with E-state index in [0.717, 1.165) is 5.75 Å². The molecule has 0 amide bonds. The van der Waals surface area contributed by atoms with Gasteiger partial charge in [-0.25, -0.2) is 0 Å². The van der Waals surface area contributed by atoms with E-state index in [0.29, 0.717) is 19.0 Å². The van der Waals surface area contributed by atoms with Gasteiger partial charge in [-0.1, -0.05) is 0 Å². The van der Waals surface area contributed by atoms with Gasteiger partial charge < -0.3 is 15.2 Å². The van der Waals surface area contributed by atoms with Gasteiger partial charge in [0.2, 0.25) is 0 Å². The first-order valence-electron chi connectivity index (χ1n) is 4.57. The van der Waals surface area contributed by atoms with Gasteiger partial charge in [-0.05, 0) is 13.8 Å². The standard InChI is InChI=1S/C9H19NO3S/c1-4-13-8(11)9(2,10)7-14-6-5-12-3/h4-7,10H2,1-3H3. The topological polar surface area (TPSA) is 61.5 Å². The van der Waals surface area contributed by atoms with Gasteiger partial charge in [0.15, 0.2) is 0 Å². The normalized spacial score (nSPS) is 14.9. The van der Waals surface area contributed by atoms with Gasteiger partial charge in [-0.15, -0.1) is 0 Å². The molecule has 84 valence electrons. The van der Waals surface area contributed by atoms with Crippen molar-refractivity contribution in [3.8, 4) is 0 Å². The lowest BCUT2D eigenvalue weighted by molar-refractivity contribution is -0.148. The van der Waals surface area contributed by atoms with Crippen LogP contribution in [0, 0.1) is 0 Å². The van der Waals surface area contributed by atoms with Gasteiger partial charge in [-0.3, -0.25) is 4.79 Å². The maximum Gasteiger partial charge on any atom is 0.326 e. The van der Waals surface area contributed by atoms with Crippen molar-refractivity contribution in [1.29, 1.82) is 0 Å². The first-order chi connectivity index (χ1) is 6.54. The highest BCUT2D eigenvalue weighted by atomic mass is 32.2. The molecule has 0 aromatic rings. The van der Waals surface area contributed by atoms with Crippen LogP contribution in [-0.4, -0.2) is 43.3 Å². The summed E-state index contributed by atoms with van der Waals surface area (Å²) in [4.78, 5) is 11.3. The van der Waals surface area contributed by atoms with Crippen molar-refractivity contribution in [2.45, 2.75) is 19.4 Å². The third kappa shape index (κ3) is 5.47. The fraction of sp³-hybridized carbons (Fsp3) is 0.889. The van der Waals surface area contributed by atoms with Crippen LogP contribution in [0.15, 0.2) is 0 Å². The Bertz CT molecular complexity index is 173. The zero-order valence-corrected chi connectivity index (χ0v) is 9.86. The summed E-state index contributed by atoms with van der Waals surface area (Å²) in [6.45, 7) is 4.49. The second kappa shape index (κ2) is 7.09. The van der Waals surface area contributed by atoms with Crippen LogP contribution in [0.3, 0.4) is 0 Å². The Balaban J connectivity index is 3.76. The maximum absolute atomic E-state index is 11.3. The molecule has 5 heteroatoms. The number of rotatable bonds is 7. The molecule has 0 aromatic carbocycles. The summed E-state index contributed by atoms with van der Waals surface area (Å²) in [6.07, 6.45) is 0. The molecule has 1 unspecified atom stereocenters. The lowest BCUT2D eigenvalue weighted by atomic mass is 10.1. The molecule has 0 saturated carbocycles. The molecule has 0 aromatic heterocycles. The zero-order valence-electron chi connectivity index (χ0n) is 9.04. The van der Waals surface area contributed by atoms with Crippen LogP contribution in [0.1, 0.15) is 13.8 Å². The SMILES string of the molecule is CCOC(=O)C(C)(N)CSCCOC. The second-order valence-corrected chi connectivity index (χ2v) is 4.29. The largest absolute Gasteiger partial charge is 0.465 e. The van der Waals surface area contributed by atoms with E-state index in [-0.39, 0.29) is 5.97 Å². The zero-order chi connectivity index (χ0) is 11.0. The van der Waals surface area contributed by atoms with Crippen molar-refractivity contribution in [1.82, 2.24) is 0 Å². The third-order valence-electron chi connectivity index (χ3n) is 1.58. The number of hydrogen-bond donors (Lipinski definition) is 1. The van der Waals surface area contributed by atoms with Crippen LogP contribution in [0.2, 0.25) is 0 Å². The van der Waals surface area contributed by atoms with Gasteiger partial charge in [0.1, 0.15) is 5.54 Å². The minimum absolute atomic E-state index is 0.343. The number of carbonyl (C=O) groups excluding carboxylic acids is 1. The van der Waals surface area contributed by atoms with Crippen molar-refractivity contribution in [3.05, 3.63) is 0 Å². The number of ether oxygens (including phenoxy) is 2. The molecule has 0 radical (unpaired) electrons. The molecule has 1 atom stereocenters. The summed E-state index contributed by atoms with van der Waals surface area (Å²) < 4.78 is 9.74. The highest BCUT2D eigenvalue weighted by molar-refractivity contribution is 7.99. The monoisotopic (exact) mass is 221 g/mol. The van der Waals surface area contributed by atoms with Crippen LogP contribution < -0.4 is 5.73 Å². The highest BCUT2D eigenvalue weighted by Crippen LogP contribution is 2.12. The Morgan fingerprint density at radius 1 is 1.57 bits per heavy atom. The van der Waals surface area contributed by atoms with Crippen LogP contribution in [0.25, 0.3) is 0 Å². The minimum Gasteiger partial charge on any atom is -0.465 e. The first kappa shape index (κ1) is 13.7. The average Bonchev–Trinajstić information content (AvgIpc) is 2.13. The summed E-state index contributed by atoms with van der Waals surface area (Å²) >= 11 is 1.59. The summed E-state index contributed by atoms with van der Waals surface area (Å²) in [5.74, 6) is 1.04. The van der Waals surface area contributed by atoms with E-state index in [9.17, 15) is 4.79 Å². The number of hydrogen-bond acceptors (Lipinski definition) is 5. The summed E-state index contributed by atoms with van der Waals surface area (Å²) in [5.41, 5.74) is 4.90. The van der Waals surface area contributed by atoms with Crippen molar-refractivity contribution >= 4 is 17.7 Å². The molecule has 0 aliphatic rings. The predicted molar refractivity (Wildman–Crippen MR) is 58.4 cm³/mol. The van der Waals surface area contributed by atoms with Crippen LogP contribution in [0.5, 0.6) is 0 Å². The number of nitrogens with two attached hydrogens (primary N) is 1. The number of methoxy groups -OCH3 is 1. The van der Waals surface area contributed by atoms with Crippen molar-refractivity contribution in [2.75, 3.05) is 31.8 Å². The van der Waals surface area contributed by atoms with Gasteiger partial charge in [0.05, 0.1) is 13.2 Å². The molecule has 14 heavy (non-hydrogen) atoms. The van der Waals surface area contributed by atoms with Crippen LogP contribution in [-0.2, 0) is 14.3 Å². The first-order valence-corrected chi connectivity index (χ1v) is 5.73. The third-order valence-corrected chi connectivity index (χ3v) is 2.83. The Kier molecular flexibility index (Phi) is 6.96. The van der Waals surface area contributed by atoms with Crippen LogP contribution in [0.4, 0.5) is 0 Å². The molecular weight excluding hydrogens is 202 g/mol. The van der Waals surface area contributed by atoms with Crippen molar-refractivity contribution in [3.63, 3.8) is 0 Å². The number of esters is 1. The highest BCUT2D eigenvalue weighted by Gasteiger charge is 2.29. The van der Waals surface area contributed by atoms with E-state index >= 15 is 0 Å². The maximum atomic E-state index is 11.3. The van der Waals surface area contributed by atoms with Gasteiger partial charge in [0.25, 0.3) is 0 Å². The molecule has 0 rings (SSSR count). The molecule has 0 bridgehead atoms. The summed E-state index contributed by atoms with van der Waals surface area (Å²) in [5, 5.41) is 0. The van der Waals surface area contributed by atoms with Gasteiger partial charge >= 0.3 is 5.97 Å². The average molecular weight is 221 g/mol. The Morgan fingerprint density at radius 2 is 2.21 bits per heavy atom. The minimum atomic E-state index is -0.894. The molecular formula is C9H19NO3S. The Morgan fingerprint density at radius 3 is 2.71 bits per heavy atom. The molecule has 2 N–H and O–H groups in total. The van der Waals surface area contributed by atoms with Crippen molar-refractivity contribution < 1.29 is 14.3 Å². The Labute approximate surface area is 89.5 Å². The fourth-order valence-corrected chi connectivity index (χ4v) is 1.75. The van der Waals surface area contributed by atoms with E-state index < -0.39 is 5.54 Å². The van der Waals surface area contributed by atoms with E-state index in [4.69, 9.17) is 15.2 Å². The molecule has 4 nitrogen and oxygen atoms in total. The summed E-state index contributed by atoms with van der Waals surface area (Å²) in [6, 6.07) is 0. The van der Waals surface area contributed by atoms with E-state index in [1.54, 1.807) is 32.7 Å².